The molecule has 0 aromatic carbocycles. The van der Waals surface area contributed by atoms with Crippen molar-refractivity contribution in [3.05, 3.63) is 38.1 Å². The largest absolute Gasteiger partial charge is 0.320 e. The van der Waals surface area contributed by atoms with Crippen molar-refractivity contribution in [2.24, 2.45) is 0 Å². The second-order valence-corrected chi connectivity index (χ2v) is 3.07. The van der Waals surface area contributed by atoms with Crippen LogP contribution in [-0.2, 0) is 4.79 Å². The molecule has 1 saturated heterocycles. The maximum atomic E-state index is 10.7. The molecule has 1 aliphatic heterocycles. The van der Waals surface area contributed by atoms with E-state index >= 15 is 0 Å². The van der Waals surface area contributed by atoms with E-state index in [0.29, 0.717) is 6.42 Å². The number of hydrogen-bond donors (Lipinski definition) is 0. The van der Waals surface area contributed by atoms with E-state index in [1.165, 1.54) is 0 Å². The van der Waals surface area contributed by atoms with Gasteiger partial charge in [-0.1, -0.05) is 13.2 Å². The topological polar surface area (TPSA) is 38.1 Å². The van der Waals surface area contributed by atoms with Crippen LogP contribution in [0.2, 0.25) is 0 Å². The molecule has 15 heavy (non-hydrogen) atoms. The van der Waals surface area contributed by atoms with Gasteiger partial charge in [-0.2, -0.15) is 0 Å². The zero-order valence-electron chi connectivity index (χ0n) is 8.67. The van der Waals surface area contributed by atoms with Gasteiger partial charge in [0, 0.05) is 31.6 Å². The minimum Gasteiger partial charge on any atom is -0.320 e. The molecule has 0 radical (unpaired) electrons. The molecule has 0 saturated carbocycles. The highest BCUT2D eigenvalue weighted by Crippen LogP contribution is 2.08. The lowest BCUT2D eigenvalue weighted by atomic mass is 10.4. The molecular weight excluding hydrogens is 190 g/mol. The Morgan fingerprint density at radius 3 is 2.47 bits per heavy atom. The van der Waals surface area contributed by atoms with Crippen LogP contribution >= 0.6 is 0 Å². The minimum absolute atomic E-state index is 0.208. The summed E-state index contributed by atoms with van der Waals surface area (Å²) < 4.78 is 1.78. The highest BCUT2D eigenvalue weighted by atomic mass is 16.2. The molecule has 1 aliphatic rings. The van der Waals surface area contributed by atoms with Gasteiger partial charge in [-0.15, -0.1) is 0 Å². The van der Waals surface area contributed by atoms with Crippen molar-refractivity contribution in [3.8, 4) is 0 Å². The molecule has 2 heterocycles. The molecule has 0 spiro atoms. The molecule has 0 N–H and O–H groups in total. The molecule has 0 unspecified atom stereocenters. The number of amides is 1. The summed E-state index contributed by atoms with van der Waals surface area (Å²) >= 11 is 0. The predicted octanol–water partition coefficient (Wildman–Crippen LogP) is 1.74. The average molecular weight is 205 g/mol. The first-order valence-electron chi connectivity index (χ1n) is 4.80. The van der Waals surface area contributed by atoms with Crippen LogP contribution in [0.4, 0.5) is 0 Å². The second-order valence-electron chi connectivity index (χ2n) is 3.07. The van der Waals surface area contributed by atoms with E-state index in [1.54, 1.807) is 34.4 Å². The lowest BCUT2D eigenvalue weighted by Crippen LogP contribution is -2.16. The van der Waals surface area contributed by atoms with Crippen LogP contribution in [0.3, 0.4) is 0 Å². The van der Waals surface area contributed by atoms with Crippen molar-refractivity contribution in [2.75, 3.05) is 6.54 Å². The molecule has 1 fully saturated rings. The first-order chi connectivity index (χ1) is 7.27. The highest BCUT2D eigenvalue weighted by Gasteiger charge is 2.15. The molecule has 2 rings (SSSR count). The Morgan fingerprint density at radius 1 is 1.40 bits per heavy atom. The lowest BCUT2D eigenvalue weighted by molar-refractivity contribution is -0.125. The summed E-state index contributed by atoms with van der Waals surface area (Å²) in [5.74, 6) is 0.208. The van der Waals surface area contributed by atoms with Crippen LogP contribution in [0.5, 0.6) is 0 Å². The fraction of sp³-hybridized carbons (Fsp3) is 0.273. The molecule has 4 nitrogen and oxygen atoms in total. The van der Waals surface area contributed by atoms with E-state index in [0.717, 1.165) is 13.0 Å². The average Bonchev–Trinajstić information content (AvgIpc) is 2.88. The van der Waals surface area contributed by atoms with Gasteiger partial charge in [-0.05, 0) is 12.6 Å². The van der Waals surface area contributed by atoms with Gasteiger partial charge in [0.1, 0.15) is 0 Å². The van der Waals surface area contributed by atoms with E-state index in [4.69, 9.17) is 0 Å². The Balaban J connectivity index is 0.000000151. The van der Waals surface area contributed by atoms with Crippen LogP contribution in [0.15, 0.2) is 38.1 Å². The van der Waals surface area contributed by atoms with Gasteiger partial charge in [0.2, 0.25) is 5.91 Å². The molecule has 1 aromatic heterocycles. The smallest absolute Gasteiger partial charge is 0.226 e. The van der Waals surface area contributed by atoms with Gasteiger partial charge in [-0.25, -0.2) is 4.98 Å². The summed E-state index contributed by atoms with van der Waals surface area (Å²) in [6.45, 7) is 7.89. The van der Waals surface area contributed by atoms with Crippen LogP contribution in [0.25, 0.3) is 6.20 Å². The fourth-order valence-electron chi connectivity index (χ4n) is 1.24. The fourth-order valence-corrected chi connectivity index (χ4v) is 1.24. The van der Waals surface area contributed by atoms with E-state index in [9.17, 15) is 4.79 Å². The van der Waals surface area contributed by atoms with Crippen LogP contribution in [0.1, 0.15) is 12.8 Å². The number of aromatic nitrogens is 2. The SMILES string of the molecule is C=CN1CCCC1=O.C=Cn1ccnc1. The summed E-state index contributed by atoms with van der Waals surface area (Å²) in [6.07, 6.45) is 10.2. The third-order valence-corrected chi connectivity index (χ3v) is 2.07. The van der Waals surface area contributed by atoms with Crippen molar-refractivity contribution >= 4 is 12.1 Å². The quantitative estimate of drug-likeness (QED) is 0.737. The number of rotatable bonds is 2. The Labute approximate surface area is 89.5 Å². The van der Waals surface area contributed by atoms with Crippen molar-refractivity contribution in [3.63, 3.8) is 0 Å². The first-order valence-corrected chi connectivity index (χ1v) is 4.80. The Hall–Kier alpha value is -1.84. The first kappa shape index (κ1) is 11.2. The number of likely N-dealkylation sites (tertiary alicyclic amines) is 1. The van der Waals surface area contributed by atoms with Crippen LogP contribution in [0, 0.1) is 0 Å². The van der Waals surface area contributed by atoms with E-state index < -0.39 is 0 Å². The molecule has 0 aliphatic carbocycles. The van der Waals surface area contributed by atoms with Gasteiger partial charge in [0.05, 0.1) is 6.33 Å². The predicted molar refractivity (Wildman–Crippen MR) is 59.8 cm³/mol. The molecule has 1 aromatic rings. The van der Waals surface area contributed by atoms with Gasteiger partial charge in [-0.3, -0.25) is 4.79 Å². The maximum Gasteiger partial charge on any atom is 0.226 e. The second kappa shape index (κ2) is 5.80. The third kappa shape index (κ3) is 3.42. The number of hydrogen-bond acceptors (Lipinski definition) is 2. The van der Waals surface area contributed by atoms with Gasteiger partial charge in [0.25, 0.3) is 0 Å². The zero-order valence-corrected chi connectivity index (χ0v) is 8.67. The minimum atomic E-state index is 0.208. The maximum absolute atomic E-state index is 10.7. The van der Waals surface area contributed by atoms with Crippen LogP contribution < -0.4 is 0 Å². The summed E-state index contributed by atoms with van der Waals surface area (Å²) in [7, 11) is 0. The monoisotopic (exact) mass is 205 g/mol. The number of carbonyl (C=O) groups excluding carboxylic acids is 1. The van der Waals surface area contributed by atoms with Gasteiger partial charge in [0.15, 0.2) is 0 Å². The van der Waals surface area contributed by atoms with Crippen molar-refractivity contribution in [1.29, 1.82) is 0 Å². The number of imidazole rings is 1. The van der Waals surface area contributed by atoms with E-state index in [-0.39, 0.29) is 5.91 Å². The summed E-state index contributed by atoms with van der Waals surface area (Å²) in [6, 6.07) is 0. The molecule has 4 heteroatoms. The van der Waals surface area contributed by atoms with Crippen molar-refractivity contribution < 1.29 is 4.79 Å². The van der Waals surface area contributed by atoms with Crippen molar-refractivity contribution in [2.45, 2.75) is 12.8 Å². The summed E-state index contributed by atoms with van der Waals surface area (Å²) in [5, 5.41) is 0. The third-order valence-electron chi connectivity index (χ3n) is 2.07. The number of carbonyl (C=O) groups is 1. The molecule has 0 atom stereocenters. The van der Waals surface area contributed by atoms with E-state index in [1.807, 2.05) is 6.20 Å². The molecule has 0 bridgehead atoms. The number of nitrogens with zero attached hydrogens (tertiary/aromatic N) is 3. The molecule has 80 valence electrons. The summed E-state index contributed by atoms with van der Waals surface area (Å²) in [5.41, 5.74) is 0. The highest BCUT2D eigenvalue weighted by molar-refractivity contribution is 5.78. The van der Waals surface area contributed by atoms with Gasteiger partial charge >= 0.3 is 0 Å². The zero-order chi connectivity index (χ0) is 11.1. The Morgan fingerprint density at radius 2 is 2.20 bits per heavy atom. The lowest BCUT2D eigenvalue weighted by Gasteiger charge is -2.05. The van der Waals surface area contributed by atoms with Crippen LogP contribution in [-0.4, -0.2) is 26.9 Å². The Kier molecular flexibility index (Phi) is 4.34. The summed E-state index contributed by atoms with van der Waals surface area (Å²) in [4.78, 5) is 16.1. The normalized spacial score (nSPS) is 14.4. The standard InChI is InChI=1S/C6H9NO.C5H6N2/c1-2-7-5-3-4-6(7)8;1-2-7-4-3-6-5-7/h2H,1,3-5H2;2-5H,1H2. The van der Waals surface area contributed by atoms with E-state index in [2.05, 4.69) is 18.1 Å². The van der Waals surface area contributed by atoms with Crippen molar-refractivity contribution in [1.82, 2.24) is 14.5 Å². The molecule has 1 amide bonds. The van der Waals surface area contributed by atoms with Gasteiger partial charge < -0.3 is 9.47 Å². The Bertz CT molecular complexity index is 330. The molecular formula is C11H15N3O.